The van der Waals surface area contributed by atoms with Crippen molar-refractivity contribution in [1.82, 2.24) is 0 Å². The Hall–Kier alpha value is -3.80. The Balaban J connectivity index is 1.57. The van der Waals surface area contributed by atoms with Gasteiger partial charge in [-0.3, -0.25) is 9.59 Å². The van der Waals surface area contributed by atoms with Crippen molar-refractivity contribution in [3.8, 4) is 11.5 Å². The van der Waals surface area contributed by atoms with Crippen molar-refractivity contribution in [2.75, 3.05) is 31.0 Å². The Morgan fingerprint density at radius 3 is 2.45 bits per heavy atom. The second kappa shape index (κ2) is 8.92. The van der Waals surface area contributed by atoms with Crippen LogP contribution < -0.4 is 19.7 Å². The van der Waals surface area contributed by atoms with E-state index >= 15 is 0 Å². The molecule has 1 aliphatic rings. The Morgan fingerprint density at radius 2 is 1.71 bits per heavy atom. The van der Waals surface area contributed by atoms with Gasteiger partial charge in [0.15, 0.2) is 0 Å². The molecule has 0 fully saturated rings. The number of amides is 2. The highest BCUT2D eigenvalue weighted by atomic mass is 16.5. The summed E-state index contributed by atoms with van der Waals surface area (Å²) in [4.78, 5) is 27.6. The molecule has 0 atom stereocenters. The molecule has 6 heteroatoms. The van der Waals surface area contributed by atoms with E-state index in [9.17, 15) is 9.59 Å². The van der Waals surface area contributed by atoms with Crippen LogP contribution in [0.25, 0.3) is 0 Å². The minimum Gasteiger partial charge on any atom is -0.497 e. The number of anilines is 2. The summed E-state index contributed by atoms with van der Waals surface area (Å²) in [5, 5.41) is 2.90. The van der Waals surface area contributed by atoms with Crippen LogP contribution in [0.3, 0.4) is 0 Å². The predicted octanol–water partition coefficient (Wildman–Crippen LogP) is 4.55. The molecule has 0 bridgehead atoms. The number of aryl methyl sites for hydroxylation is 1. The summed E-state index contributed by atoms with van der Waals surface area (Å²) in [5.41, 5.74) is 3.60. The monoisotopic (exact) mass is 416 g/mol. The minimum atomic E-state index is -0.238. The van der Waals surface area contributed by atoms with Crippen molar-refractivity contribution in [3.63, 3.8) is 0 Å². The summed E-state index contributed by atoms with van der Waals surface area (Å²) < 4.78 is 10.6. The molecule has 158 valence electrons. The molecular formula is C25H24N2O4. The molecule has 0 aromatic heterocycles. The summed E-state index contributed by atoms with van der Waals surface area (Å²) in [6, 6.07) is 20.0. The van der Waals surface area contributed by atoms with Crippen LogP contribution in [0.4, 0.5) is 11.4 Å². The molecule has 6 nitrogen and oxygen atoms in total. The first-order valence-electron chi connectivity index (χ1n) is 10.1. The van der Waals surface area contributed by atoms with E-state index < -0.39 is 0 Å². The highest BCUT2D eigenvalue weighted by Crippen LogP contribution is 2.32. The van der Waals surface area contributed by atoms with Gasteiger partial charge in [-0.2, -0.15) is 0 Å². The van der Waals surface area contributed by atoms with Crippen LogP contribution in [0.15, 0.2) is 66.7 Å². The van der Waals surface area contributed by atoms with Gasteiger partial charge in [0.05, 0.1) is 19.9 Å². The minimum absolute atomic E-state index is 0.0262. The van der Waals surface area contributed by atoms with Gasteiger partial charge in [0.25, 0.3) is 11.8 Å². The van der Waals surface area contributed by atoms with Crippen LogP contribution in [-0.2, 0) is 6.42 Å². The summed E-state index contributed by atoms with van der Waals surface area (Å²) >= 11 is 0. The van der Waals surface area contributed by atoms with Crippen molar-refractivity contribution < 1.29 is 19.1 Å². The van der Waals surface area contributed by atoms with Crippen LogP contribution in [0.1, 0.15) is 32.7 Å². The Kier molecular flexibility index (Phi) is 5.89. The third-order valence-electron chi connectivity index (χ3n) is 5.38. The van der Waals surface area contributed by atoms with E-state index in [1.165, 1.54) is 0 Å². The fourth-order valence-electron chi connectivity index (χ4n) is 3.78. The average molecular weight is 416 g/mol. The molecule has 3 aromatic rings. The average Bonchev–Trinajstić information content (AvgIpc) is 2.83. The van der Waals surface area contributed by atoms with E-state index in [-0.39, 0.29) is 11.8 Å². The quantitative estimate of drug-likeness (QED) is 0.663. The second-order valence-electron chi connectivity index (χ2n) is 7.29. The lowest BCUT2D eigenvalue weighted by atomic mass is 9.98. The number of benzene rings is 3. The summed E-state index contributed by atoms with van der Waals surface area (Å²) in [5.74, 6) is 0.900. The van der Waals surface area contributed by atoms with E-state index in [1.807, 2.05) is 42.5 Å². The van der Waals surface area contributed by atoms with Crippen molar-refractivity contribution in [2.45, 2.75) is 12.8 Å². The smallest absolute Gasteiger partial charge is 0.258 e. The van der Waals surface area contributed by atoms with E-state index in [0.29, 0.717) is 34.9 Å². The van der Waals surface area contributed by atoms with E-state index in [1.54, 1.807) is 43.4 Å². The number of hydrogen-bond acceptors (Lipinski definition) is 4. The van der Waals surface area contributed by atoms with Crippen LogP contribution in [0.2, 0.25) is 0 Å². The Bertz CT molecular complexity index is 1110. The van der Waals surface area contributed by atoms with Gasteiger partial charge in [-0.25, -0.2) is 0 Å². The molecule has 3 aromatic carbocycles. The zero-order valence-corrected chi connectivity index (χ0v) is 17.6. The summed E-state index contributed by atoms with van der Waals surface area (Å²) in [6.07, 6.45) is 1.67. The van der Waals surface area contributed by atoms with Gasteiger partial charge in [-0.05, 0) is 60.9 Å². The SMILES string of the molecule is COc1ccc(NC(=O)c2ccc3c(c2)CCCN3C(=O)c2ccccc2)c(OC)c1. The fourth-order valence-corrected chi connectivity index (χ4v) is 3.78. The maximum absolute atomic E-state index is 13.0. The molecule has 1 heterocycles. The van der Waals surface area contributed by atoms with Gasteiger partial charge in [0.1, 0.15) is 11.5 Å². The molecule has 0 unspecified atom stereocenters. The van der Waals surface area contributed by atoms with Crippen molar-refractivity contribution in [3.05, 3.63) is 83.4 Å². The van der Waals surface area contributed by atoms with Crippen molar-refractivity contribution >= 4 is 23.2 Å². The molecule has 31 heavy (non-hydrogen) atoms. The molecule has 2 amide bonds. The zero-order chi connectivity index (χ0) is 21.8. The first-order chi connectivity index (χ1) is 15.1. The molecule has 1 N–H and O–H groups in total. The Labute approximate surface area is 181 Å². The van der Waals surface area contributed by atoms with Gasteiger partial charge < -0.3 is 19.7 Å². The molecule has 1 aliphatic heterocycles. The van der Waals surface area contributed by atoms with E-state index in [0.717, 1.165) is 24.1 Å². The van der Waals surface area contributed by atoms with Crippen LogP contribution in [0.5, 0.6) is 11.5 Å². The number of methoxy groups -OCH3 is 2. The van der Waals surface area contributed by atoms with Crippen LogP contribution in [-0.4, -0.2) is 32.6 Å². The third kappa shape index (κ3) is 4.23. The number of fused-ring (bicyclic) bond motifs is 1. The maximum atomic E-state index is 13.0. The van der Waals surface area contributed by atoms with E-state index in [4.69, 9.17) is 9.47 Å². The van der Waals surface area contributed by atoms with Gasteiger partial charge in [0, 0.05) is 29.4 Å². The number of nitrogens with one attached hydrogen (secondary N) is 1. The Morgan fingerprint density at radius 1 is 0.903 bits per heavy atom. The lowest BCUT2D eigenvalue weighted by molar-refractivity contribution is 0.0984. The van der Waals surface area contributed by atoms with Gasteiger partial charge in [-0.15, -0.1) is 0 Å². The first-order valence-corrected chi connectivity index (χ1v) is 10.1. The molecule has 4 rings (SSSR count). The maximum Gasteiger partial charge on any atom is 0.258 e. The lowest BCUT2D eigenvalue weighted by Crippen LogP contribution is -2.35. The van der Waals surface area contributed by atoms with Gasteiger partial charge >= 0.3 is 0 Å². The molecule has 0 saturated carbocycles. The number of hydrogen-bond donors (Lipinski definition) is 1. The molecule has 0 aliphatic carbocycles. The zero-order valence-electron chi connectivity index (χ0n) is 17.6. The molecular weight excluding hydrogens is 392 g/mol. The summed E-state index contributed by atoms with van der Waals surface area (Å²) in [6.45, 7) is 0.662. The highest BCUT2D eigenvalue weighted by Gasteiger charge is 2.24. The van der Waals surface area contributed by atoms with Crippen LogP contribution >= 0.6 is 0 Å². The normalized spacial score (nSPS) is 12.6. The standard InChI is InChI=1S/C25H24N2O4/c1-30-20-11-12-21(23(16-20)31-2)26-24(28)19-10-13-22-18(15-19)9-6-14-27(22)25(29)17-7-4-3-5-8-17/h3-5,7-8,10-13,15-16H,6,9,14H2,1-2H3,(H,26,28). The number of ether oxygens (including phenoxy) is 2. The van der Waals surface area contributed by atoms with Gasteiger partial charge in [0.2, 0.25) is 0 Å². The predicted molar refractivity (Wildman–Crippen MR) is 120 cm³/mol. The first kappa shape index (κ1) is 20.5. The van der Waals surface area contributed by atoms with E-state index in [2.05, 4.69) is 5.32 Å². The highest BCUT2D eigenvalue weighted by molar-refractivity contribution is 6.08. The molecule has 0 spiro atoms. The number of nitrogens with zero attached hydrogens (tertiary/aromatic N) is 1. The molecule has 0 saturated heterocycles. The lowest BCUT2D eigenvalue weighted by Gasteiger charge is -2.30. The van der Waals surface area contributed by atoms with Crippen LogP contribution in [0, 0.1) is 0 Å². The topological polar surface area (TPSA) is 67.9 Å². The number of rotatable bonds is 5. The summed E-state index contributed by atoms with van der Waals surface area (Å²) in [7, 11) is 3.12. The second-order valence-corrected chi connectivity index (χ2v) is 7.29. The van der Waals surface area contributed by atoms with Crippen molar-refractivity contribution in [1.29, 1.82) is 0 Å². The third-order valence-corrected chi connectivity index (χ3v) is 5.38. The number of carbonyl (C=O) groups excluding carboxylic acids is 2. The fraction of sp³-hybridized carbons (Fsp3) is 0.200. The molecule has 0 radical (unpaired) electrons. The number of carbonyl (C=O) groups is 2. The van der Waals surface area contributed by atoms with Gasteiger partial charge in [-0.1, -0.05) is 18.2 Å². The largest absolute Gasteiger partial charge is 0.497 e. The van der Waals surface area contributed by atoms with Crippen molar-refractivity contribution in [2.24, 2.45) is 0 Å².